The predicted molar refractivity (Wildman–Crippen MR) is 112 cm³/mol. The molecule has 4 rings (SSSR count). The van der Waals surface area contributed by atoms with E-state index in [4.69, 9.17) is 5.11 Å². The maximum atomic E-state index is 12.2. The molecule has 148 valence electrons. The third kappa shape index (κ3) is 4.80. The number of amides is 1. The topological polar surface area (TPSA) is 79.3 Å². The fourth-order valence-corrected chi connectivity index (χ4v) is 3.62. The lowest BCUT2D eigenvalue weighted by molar-refractivity contribution is -0.136. The van der Waals surface area contributed by atoms with Gasteiger partial charge in [-0.05, 0) is 41.0 Å². The van der Waals surface area contributed by atoms with E-state index in [1.165, 1.54) is 12.8 Å². The molecule has 5 heteroatoms. The molecule has 0 saturated heterocycles. The molecule has 3 aromatic rings. The monoisotopic (exact) mass is 388 g/mol. The summed E-state index contributed by atoms with van der Waals surface area (Å²) >= 11 is 0. The fourth-order valence-electron chi connectivity index (χ4n) is 3.62. The van der Waals surface area contributed by atoms with Crippen LogP contribution in [0.3, 0.4) is 0 Å². The number of carbonyl (C=O) groups is 2. The van der Waals surface area contributed by atoms with Crippen molar-refractivity contribution in [2.75, 3.05) is 6.54 Å². The van der Waals surface area contributed by atoms with Gasteiger partial charge >= 0.3 is 5.97 Å². The number of rotatable bonds is 8. The molecule has 0 aliphatic heterocycles. The van der Waals surface area contributed by atoms with Gasteiger partial charge in [-0.2, -0.15) is 0 Å². The third-order valence-electron chi connectivity index (χ3n) is 5.42. The van der Waals surface area contributed by atoms with Gasteiger partial charge in [-0.1, -0.05) is 49.2 Å². The van der Waals surface area contributed by atoms with Crippen LogP contribution in [-0.2, 0) is 17.6 Å². The van der Waals surface area contributed by atoms with E-state index in [-0.39, 0.29) is 12.3 Å². The van der Waals surface area contributed by atoms with Crippen LogP contribution in [0, 0.1) is 5.92 Å². The Balaban J connectivity index is 1.48. The summed E-state index contributed by atoms with van der Waals surface area (Å²) in [6.07, 6.45) is 5.90. The smallest absolute Gasteiger partial charge is 0.307 e. The van der Waals surface area contributed by atoms with E-state index in [1.54, 1.807) is 6.20 Å². The zero-order valence-electron chi connectivity index (χ0n) is 16.2. The Morgan fingerprint density at radius 1 is 1.03 bits per heavy atom. The van der Waals surface area contributed by atoms with Gasteiger partial charge < -0.3 is 10.4 Å². The molecule has 1 amide bonds. The molecule has 29 heavy (non-hydrogen) atoms. The molecule has 0 atom stereocenters. The minimum absolute atomic E-state index is 0.0289. The average molecular weight is 388 g/mol. The van der Waals surface area contributed by atoms with Gasteiger partial charge in [0.15, 0.2) is 0 Å². The van der Waals surface area contributed by atoms with E-state index < -0.39 is 5.97 Å². The van der Waals surface area contributed by atoms with Crippen LogP contribution >= 0.6 is 0 Å². The second-order valence-electron chi connectivity index (χ2n) is 7.71. The summed E-state index contributed by atoms with van der Waals surface area (Å²) in [6, 6.07) is 15.4. The van der Waals surface area contributed by atoms with Crippen LogP contribution in [0.4, 0.5) is 0 Å². The van der Waals surface area contributed by atoms with Crippen molar-refractivity contribution >= 4 is 22.6 Å². The molecule has 1 saturated carbocycles. The van der Waals surface area contributed by atoms with E-state index in [1.807, 2.05) is 48.5 Å². The summed E-state index contributed by atoms with van der Waals surface area (Å²) in [5.74, 6) is -0.0867. The number of nitrogens with zero attached hydrogens (tertiary/aromatic N) is 1. The number of pyridine rings is 1. The van der Waals surface area contributed by atoms with Crippen molar-refractivity contribution in [2.45, 2.75) is 32.1 Å². The first kappa shape index (κ1) is 19.1. The van der Waals surface area contributed by atoms with Crippen molar-refractivity contribution in [2.24, 2.45) is 5.92 Å². The molecule has 0 radical (unpaired) electrons. The number of hydrogen-bond donors (Lipinski definition) is 2. The molecule has 1 aromatic heterocycles. The number of fused-ring (bicyclic) bond motifs is 1. The van der Waals surface area contributed by atoms with Crippen LogP contribution in [0.2, 0.25) is 0 Å². The zero-order chi connectivity index (χ0) is 20.2. The highest BCUT2D eigenvalue weighted by Crippen LogP contribution is 2.31. The van der Waals surface area contributed by atoms with Gasteiger partial charge in [-0.15, -0.1) is 0 Å². The Kier molecular flexibility index (Phi) is 5.56. The predicted octanol–water partition coefficient (Wildman–Crippen LogP) is 3.98. The van der Waals surface area contributed by atoms with Crippen LogP contribution < -0.4 is 5.32 Å². The van der Waals surface area contributed by atoms with Gasteiger partial charge in [0.25, 0.3) is 5.91 Å². The molecule has 2 N–H and O–H groups in total. The average Bonchev–Trinajstić information content (AvgIpc) is 3.54. The second-order valence-corrected chi connectivity index (χ2v) is 7.71. The summed E-state index contributed by atoms with van der Waals surface area (Å²) < 4.78 is 0. The molecule has 0 spiro atoms. The van der Waals surface area contributed by atoms with Crippen molar-refractivity contribution in [3.8, 4) is 0 Å². The van der Waals surface area contributed by atoms with Gasteiger partial charge in [0.1, 0.15) is 0 Å². The molecule has 1 aliphatic rings. The van der Waals surface area contributed by atoms with E-state index in [2.05, 4.69) is 10.3 Å². The molecule has 1 heterocycles. The van der Waals surface area contributed by atoms with E-state index in [0.29, 0.717) is 12.0 Å². The summed E-state index contributed by atoms with van der Waals surface area (Å²) in [5, 5.41) is 14.0. The van der Waals surface area contributed by atoms with Gasteiger partial charge in [-0.3, -0.25) is 14.6 Å². The quantitative estimate of drug-likeness (QED) is 0.612. The van der Waals surface area contributed by atoms with Crippen LogP contribution in [0.25, 0.3) is 10.8 Å². The van der Waals surface area contributed by atoms with Gasteiger partial charge in [0.2, 0.25) is 0 Å². The lowest BCUT2D eigenvalue weighted by Crippen LogP contribution is -2.24. The first-order valence-electron chi connectivity index (χ1n) is 10.0. The molecule has 1 aliphatic carbocycles. The van der Waals surface area contributed by atoms with Gasteiger partial charge in [0, 0.05) is 30.1 Å². The summed E-state index contributed by atoms with van der Waals surface area (Å²) in [7, 11) is 0. The SMILES string of the molecule is O=C(O)Cc1cnc(Cc2ccc(C(=O)NCCC3CC3)cc2)c2ccccc12. The Bertz CT molecular complexity index is 1040. The number of aliphatic carboxylic acids is 1. The fraction of sp³-hybridized carbons (Fsp3) is 0.292. The van der Waals surface area contributed by atoms with Crippen LogP contribution in [-0.4, -0.2) is 28.5 Å². The van der Waals surface area contributed by atoms with E-state index in [0.717, 1.165) is 46.5 Å². The van der Waals surface area contributed by atoms with E-state index >= 15 is 0 Å². The zero-order valence-corrected chi connectivity index (χ0v) is 16.2. The van der Waals surface area contributed by atoms with Crippen molar-refractivity contribution in [1.29, 1.82) is 0 Å². The molecule has 0 unspecified atom stereocenters. The maximum Gasteiger partial charge on any atom is 0.307 e. The Morgan fingerprint density at radius 3 is 2.45 bits per heavy atom. The lowest BCUT2D eigenvalue weighted by Gasteiger charge is -2.10. The highest BCUT2D eigenvalue weighted by atomic mass is 16.4. The molecule has 2 aromatic carbocycles. The van der Waals surface area contributed by atoms with Crippen LogP contribution in [0.15, 0.2) is 54.7 Å². The second kappa shape index (κ2) is 8.43. The molecule has 5 nitrogen and oxygen atoms in total. The number of carboxylic acids is 1. The minimum atomic E-state index is -0.865. The van der Waals surface area contributed by atoms with Crippen LogP contribution in [0.1, 0.15) is 46.4 Å². The van der Waals surface area contributed by atoms with Crippen LogP contribution in [0.5, 0.6) is 0 Å². The largest absolute Gasteiger partial charge is 0.481 e. The number of benzene rings is 2. The summed E-state index contributed by atoms with van der Waals surface area (Å²) in [4.78, 5) is 27.9. The number of hydrogen-bond acceptors (Lipinski definition) is 3. The van der Waals surface area contributed by atoms with Gasteiger partial charge in [-0.25, -0.2) is 0 Å². The van der Waals surface area contributed by atoms with Crippen molar-refractivity contribution < 1.29 is 14.7 Å². The third-order valence-corrected chi connectivity index (χ3v) is 5.42. The number of aromatic nitrogens is 1. The molecular formula is C24H24N2O3. The highest BCUT2D eigenvalue weighted by molar-refractivity contribution is 5.94. The first-order chi connectivity index (χ1) is 14.1. The first-order valence-corrected chi connectivity index (χ1v) is 10.0. The Morgan fingerprint density at radius 2 is 1.76 bits per heavy atom. The van der Waals surface area contributed by atoms with Gasteiger partial charge in [0.05, 0.1) is 12.1 Å². The van der Waals surface area contributed by atoms with Crippen molar-refractivity contribution in [3.63, 3.8) is 0 Å². The van der Waals surface area contributed by atoms with E-state index in [9.17, 15) is 9.59 Å². The summed E-state index contributed by atoms with van der Waals surface area (Å²) in [6.45, 7) is 0.740. The minimum Gasteiger partial charge on any atom is -0.481 e. The molecular weight excluding hydrogens is 364 g/mol. The highest BCUT2D eigenvalue weighted by Gasteiger charge is 2.20. The Hall–Kier alpha value is -3.21. The molecule has 0 bridgehead atoms. The standard InChI is InChI=1S/C24H24N2O3/c27-23(28)14-19-15-26-22(21-4-2-1-3-20(19)21)13-17-7-9-18(10-8-17)24(29)25-12-11-16-5-6-16/h1-4,7-10,15-16H,5-6,11-14H2,(H,25,29)(H,27,28). The maximum absolute atomic E-state index is 12.2. The number of carbonyl (C=O) groups excluding carboxylic acids is 1. The van der Waals surface area contributed by atoms with Crippen molar-refractivity contribution in [1.82, 2.24) is 10.3 Å². The molecule has 1 fully saturated rings. The number of nitrogens with one attached hydrogen (secondary N) is 1. The lowest BCUT2D eigenvalue weighted by atomic mass is 9.99. The number of carboxylic acid groups (broad SMARTS) is 1. The summed E-state index contributed by atoms with van der Waals surface area (Å²) in [5.41, 5.74) is 3.34. The Labute approximate surface area is 169 Å². The normalized spacial score (nSPS) is 13.4. The van der Waals surface area contributed by atoms with Crippen molar-refractivity contribution in [3.05, 3.63) is 77.1 Å².